The molecule has 2 N–H and O–H groups in total. The summed E-state index contributed by atoms with van der Waals surface area (Å²) >= 11 is 9.27. The van der Waals surface area contributed by atoms with Gasteiger partial charge >= 0.3 is 0 Å². The molecule has 6 nitrogen and oxygen atoms in total. The molecule has 0 bridgehead atoms. The average Bonchev–Trinajstić information content (AvgIpc) is 2.74. The van der Waals surface area contributed by atoms with Crippen molar-refractivity contribution >= 4 is 50.7 Å². The number of rotatable bonds is 8. The Morgan fingerprint density at radius 1 is 0.871 bits per heavy atom. The van der Waals surface area contributed by atoms with Crippen LogP contribution in [-0.2, 0) is 9.59 Å². The van der Waals surface area contributed by atoms with Gasteiger partial charge in [0, 0.05) is 9.50 Å². The van der Waals surface area contributed by atoms with Crippen molar-refractivity contribution in [3.05, 3.63) is 81.8 Å². The van der Waals surface area contributed by atoms with Crippen molar-refractivity contribution in [3.63, 3.8) is 0 Å². The standard InChI is InChI=1S/C23H20BrClN2O4/c1-15-12-17(25)8-11-21(15)31-14-23(29)27-20-5-3-2-4-19(20)26-22(28)13-30-18-9-6-16(24)7-10-18/h2-12H,13-14H2,1H3,(H,26,28)(H,27,29). The van der Waals surface area contributed by atoms with Crippen molar-refractivity contribution in [2.24, 2.45) is 0 Å². The van der Waals surface area contributed by atoms with Crippen molar-refractivity contribution in [2.75, 3.05) is 23.8 Å². The Balaban J connectivity index is 1.54. The molecule has 3 rings (SSSR count). The fourth-order valence-electron chi connectivity index (χ4n) is 2.67. The quantitative estimate of drug-likeness (QED) is 0.429. The van der Waals surface area contributed by atoms with Crippen LogP contribution in [0.4, 0.5) is 11.4 Å². The minimum absolute atomic E-state index is 0.164. The fraction of sp³-hybridized carbons (Fsp3) is 0.130. The van der Waals surface area contributed by atoms with Gasteiger partial charge in [-0.1, -0.05) is 39.7 Å². The molecule has 3 aromatic rings. The Labute approximate surface area is 193 Å². The van der Waals surface area contributed by atoms with Crippen LogP contribution >= 0.6 is 27.5 Å². The number of anilines is 2. The van der Waals surface area contributed by atoms with E-state index in [1.54, 1.807) is 54.6 Å². The van der Waals surface area contributed by atoms with Gasteiger partial charge < -0.3 is 20.1 Å². The highest BCUT2D eigenvalue weighted by Crippen LogP contribution is 2.23. The Morgan fingerprint density at radius 2 is 1.45 bits per heavy atom. The Hall–Kier alpha value is -3.03. The minimum Gasteiger partial charge on any atom is -0.484 e. The second-order valence-corrected chi connectivity index (χ2v) is 7.94. The van der Waals surface area contributed by atoms with E-state index in [4.69, 9.17) is 21.1 Å². The largest absolute Gasteiger partial charge is 0.484 e. The monoisotopic (exact) mass is 502 g/mol. The zero-order valence-electron chi connectivity index (χ0n) is 16.7. The molecule has 0 aromatic heterocycles. The van der Waals surface area contributed by atoms with Crippen molar-refractivity contribution in [2.45, 2.75) is 6.92 Å². The lowest BCUT2D eigenvalue weighted by atomic mass is 10.2. The molecule has 8 heteroatoms. The molecule has 0 fully saturated rings. The summed E-state index contributed by atoms with van der Waals surface area (Å²) in [5.41, 5.74) is 1.75. The molecule has 3 aromatic carbocycles. The summed E-state index contributed by atoms with van der Waals surface area (Å²) in [6.45, 7) is 1.50. The highest BCUT2D eigenvalue weighted by Gasteiger charge is 2.11. The van der Waals surface area contributed by atoms with Crippen LogP contribution in [0.2, 0.25) is 5.02 Å². The minimum atomic E-state index is -0.359. The van der Waals surface area contributed by atoms with Gasteiger partial charge in [-0.05, 0) is 67.1 Å². The third-order valence-electron chi connectivity index (χ3n) is 4.15. The molecule has 0 aliphatic carbocycles. The maximum absolute atomic E-state index is 12.3. The lowest BCUT2D eigenvalue weighted by molar-refractivity contribution is -0.119. The molecule has 31 heavy (non-hydrogen) atoms. The van der Waals surface area contributed by atoms with E-state index in [-0.39, 0.29) is 25.0 Å². The van der Waals surface area contributed by atoms with Crippen LogP contribution in [0.3, 0.4) is 0 Å². The van der Waals surface area contributed by atoms with E-state index in [2.05, 4.69) is 26.6 Å². The van der Waals surface area contributed by atoms with E-state index in [0.717, 1.165) is 10.0 Å². The molecule has 0 aliphatic heterocycles. The average molecular weight is 504 g/mol. The summed E-state index contributed by atoms with van der Waals surface area (Å²) in [4.78, 5) is 24.6. The van der Waals surface area contributed by atoms with Crippen LogP contribution < -0.4 is 20.1 Å². The molecule has 0 aliphatic rings. The van der Waals surface area contributed by atoms with Crippen LogP contribution in [0.5, 0.6) is 11.5 Å². The van der Waals surface area contributed by atoms with Gasteiger partial charge in [0.15, 0.2) is 13.2 Å². The fourth-order valence-corrected chi connectivity index (χ4v) is 3.16. The molecule has 0 spiro atoms. The highest BCUT2D eigenvalue weighted by molar-refractivity contribution is 9.10. The summed E-state index contributed by atoms with van der Waals surface area (Å²) in [6, 6.07) is 19.2. The van der Waals surface area contributed by atoms with Gasteiger partial charge in [0.05, 0.1) is 11.4 Å². The van der Waals surface area contributed by atoms with Gasteiger partial charge in [-0.15, -0.1) is 0 Å². The van der Waals surface area contributed by atoms with Gasteiger partial charge in [-0.2, -0.15) is 0 Å². The van der Waals surface area contributed by atoms with Gasteiger partial charge in [-0.25, -0.2) is 0 Å². The number of carbonyl (C=O) groups excluding carboxylic acids is 2. The van der Waals surface area contributed by atoms with Crippen LogP contribution in [0.25, 0.3) is 0 Å². The number of ether oxygens (including phenoxy) is 2. The van der Waals surface area contributed by atoms with Gasteiger partial charge in [0.25, 0.3) is 11.8 Å². The predicted molar refractivity (Wildman–Crippen MR) is 125 cm³/mol. The first-order valence-electron chi connectivity index (χ1n) is 9.37. The number of amides is 2. The lowest BCUT2D eigenvalue weighted by Gasteiger charge is -2.14. The molecule has 0 saturated heterocycles. The molecular weight excluding hydrogens is 484 g/mol. The first-order valence-corrected chi connectivity index (χ1v) is 10.5. The third kappa shape index (κ3) is 7.01. The Bertz CT molecular complexity index is 1070. The van der Waals surface area contributed by atoms with E-state index in [0.29, 0.717) is 27.9 Å². The first kappa shape index (κ1) is 22.7. The topological polar surface area (TPSA) is 76.7 Å². The Morgan fingerprint density at radius 3 is 2.03 bits per heavy atom. The molecule has 0 unspecified atom stereocenters. The maximum atomic E-state index is 12.3. The molecule has 0 saturated carbocycles. The smallest absolute Gasteiger partial charge is 0.262 e. The summed E-state index contributed by atoms with van der Waals surface area (Å²) in [5.74, 6) is 0.445. The van der Waals surface area contributed by atoms with Gasteiger partial charge in [-0.3, -0.25) is 9.59 Å². The summed E-state index contributed by atoms with van der Waals surface area (Å²) in [7, 11) is 0. The van der Waals surface area contributed by atoms with E-state index in [1.165, 1.54) is 0 Å². The second-order valence-electron chi connectivity index (χ2n) is 6.58. The maximum Gasteiger partial charge on any atom is 0.262 e. The number of hydrogen-bond donors (Lipinski definition) is 2. The van der Waals surface area contributed by atoms with Crippen molar-refractivity contribution < 1.29 is 19.1 Å². The molecule has 0 atom stereocenters. The number of carbonyl (C=O) groups is 2. The van der Waals surface area contributed by atoms with E-state index in [9.17, 15) is 9.59 Å². The van der Waals surface area contributed by atoms with Crippen molar-refractivity contribution in [1.29, 1.82) is 0 Å². The zero-order chi connectivity index (χ0) is 22.2. The molecule has 0 radical (unpaired) electrons. The van der Waals surface area contributed by atoms with E-state index < -0.39 is 0 Å². The molecular formula is C23H20BrClN2O4. The van der Waals surface area contributed by atoms with Crippen LogP contribution in [0.15, 0.2) is 71.2 Å². The number of hydrogen-bond acceptors (Lipinski definition) is 4. The summed E-state index contributed by atoms with van der Waals surface area (Å²) in [5, 5.41) is 6.09. The van der Waals surface area contributed by atoms with E-state index >= 15 is 0 Å². The summed E-state index contributed by atoms with van der Waals surface area (Å²) < 4.78 is 12.0. The molecule has 2 amide bonds. The van der Waals surface area contributed by atoms with Crippen molar-refractivity contribution in [1.82, 2.24) is 0 Å². The third-order valence-corrected chi connectivity index (χ3v) is 4.92. The number of benzene rings is 3. The Kier molecular flexibility index (Phi) is 7.92. The number of para-hydroxylation sites is 2. The number of aryl methyl sites for hydroxylation is 1. The number of nitrogens with one attached hydrogen (secondary N) is 2. The first-order chi connectivity index (χ1) is 14.9. The van der Waals surface area contributed by atoms with Crippen LogP contribution in [0, 0.1) is 6.92 Å². The van der Waals surface area contributed by atoms with E-state index in [1.807, 2.05) is 19.1 Å². The summed E-state index contributed by atoms with van der Waals surface area (Å²) in [6.07, 6.45) is 0. The van der Waals surface area contributed by atoms with Crippen LogP contribution in [-0.4, -0.2) is 25.0 Å². The predicted octanol–water partition coefficient (Wildman–Crippen LogP) is 5.45. The zero-order valence-corrected chi connectivity index (χ0v) is 19.0. The van der Waals surface area contributed by atoms with Gasteiger partial charge in [0.1, 0.15) is 11.5 Å². The number of halogens is 2. The lowest BCUT2D eigenvalue weighted by Crippen LogP contribution is -2.23. The van der Waals surface area contributed by atoms with Crippen molar-refractivity contribution in [3.8, 4) is 11.5 Å². The molecule has 0 heterocycles. The van der Waals surface area contributed by atoms with Gasteiger partial charge in [0.2, 0.25) is 0 Å². The second kappa shape index (κ2) is 10.8. The van der Waals surface area contributed by atoms with Crippen LogP contribution in [0.1, 0.15) is 5.56 Å². The SMILES string of the molecule is Cc1cc(Cl)ccc1OCC(=O)Nc1ccccc1NC(=O)COc1ccc(Br)cc1. The normalized spacial score (nSPS) is 10.3. The molecule has 160 valence electrons. The highest BCUT2D eigenvalue weighted by atomic mass is 79.9.